The Morgan fingerprint density at radius 3 is 2.28 bits per heavy atom. The number of benzene rings is 3. The van der Waals surface area contributed by atoms with Crippen molar-refractivity contribution in [3.05, 3.63) is 100 Å². The minimum atomic E-state index is -4.02. The van der Waals surface area contributed by atoms with Gasteiger partial charge >= 0.3 is 0 Å². The summed E-state index contributed by atoms with van der Waals surface area (Å²) in [6.45, 7) is 11.7. The van der Waals surface area contributed by atoms with Crippen molar-refractivity contribution in [2.24, 2.45) is 0 Å². The van der Waals surface area contributed by atoms with Crippen molar-refractivity contribution >= 4 is 33.0 Å². The average molecular weight is 734 g/mol. The van der Waals surface area contributed by atoms with Gasteiger partial charge in [-0.3, -0.25) is 14.5 Å². The largest absolute Gasteiger partial charge is 0.345 e. The zero-order chi connectivity index (χ0) is 37.6. The predicted molar refractivity (Wildman–Crippen MR) is 207 cm³/mol. The SMILES string of the molecule is Cc1ccc(S(=O)(=O)n2cc(-c3ccc(C(=O)N(C)C)c(C)c3)c3nc(-c4cc(C)c5c(c4)CN(CCC(=O)N4CCN(C)CC4)CC5)cnc32)cc1. The number of likely N-dealkylation sites (N-methyl/N-ethyl adjacent to an activating group) is 1. The van der Waals surface area contributed by atoms with Crippen LogP contribution in [0.4, 0.5) is 0 Å². The standard InChI is InChI=1S/C41H47N7O4S/c1-27-7-10-33(11-8-27)53(51,52)48-26-36(30-9-12-35(29(3)21-30)41(50)44(4)5)39-40(48)42-24-37(43-39)31-22-28(2)34-13-15-46(25-32(34)23-31)16-14-38(49)47-19-17-45(6)18-20-47/h7-12,21-24,26H,13-20,25H2,1-6H3. The topological polar surface area (TPSA) is 112 Å². The Labute approximate surface area is 311 Å². The second kappa shape index (κ2) is 14.5. The van der Waals surface area contributed by atoms with Crippen LogP contribution >= 0.6 is 0 Å². The first-order valence-corrected chi connectivity index (χ1v) is 19.6. The third-order valence-corrected chi connectivity index (χ3v) is 12.3. The summed E-state index contributed by atoms with van der Waals surface area (Å²) in [6.07, 6.45) is 4.65. The van der Waals surface area contributed by atoms with Gasteiger partial charge in [0.15, 0.2) is 5.65 Å². The van der Waals surface area contributed by atoms with Gasteiger partial charge < -0.3 is 14.7 Å². The Morgan fingerprint density at radius 1 is 0.868 bits per heavy atom. The number of nitrogens with zero attached hydrogens (tertiary/aromatic N) is 7. The van der Waals surface area contributed by atoms with E-state index in [1.807, 2.05) is 30.9 Å². The Balaban J connectivity index is 1.25. The molecule has 276 valence electrons. The molecule has 5 aromatic rings. The van der Waals surface area contributed by atoms with E-state index in [0.29, 0.717) is 35.3 Å². The molecular formula is C41H47N7O4S. The number of piperazine rings is 1. The average Bonchev–Trinajstić information content (AvgIpc) is 3.54. The van der Waals surface area contributed by atoms with Gasteiger partial charge in [0.2, 0.25) is 5.91 Å². The lowest BCUT2D eigenvalue weighted by Gasteiger charge is -2.34. The molecule has 0 spiro atoms. The van der Waals surface area contributed by atoms with Crippen LogP contribution in [0.5, 0.6) is 0 Å². The first-order chi connectivity index (χ1) is 25.3. The molecule has 2 aliphatic rings. The smallest absolute Gasteiger partial charge is 0.269 e. The van der Waals surface area contributed by atoms with Gasteiger partial charge in [-0.1, -0.05) is 29.8 Å². The van der Waals surface area contributed by atoms with E-state index in [0.717, 1.165) is 67.9 Å². The quantitative estimate of drug-likeness (QED) is 0.215. The first kappa shape index (κ1) is 36.4. The highest BCUT2D eigenvalue weighted by atomic mass is 32.2. The molecule has 53 heavy (non-hydrogen) atoms. The highest BCUT2D eigenvalue weighted by molar-refractivity contribution is 7.90. The van der Waals surface area contributed by atoms with Crippen LogP contribution in [0.2, 0.25) is 0 Å². The van der Waals surface area contributed by atoms with Crippen molar-refractivity contribution in [3.63, 3.8) is 0 Å². The van der Waals surface area contributed by atoms with Gasteiger partial charge in [-0.05, 0) is 92.4 Å². The van der Waals surface area contributed by atoms with Gasteiger partial charge in [-0.25, -0.2) is 22.4 Å². The number of fused-ring (bicyclic) bond motifs is 2. The van der Waals surface area contributed by atoms with Gasteiger partial charge in [0.1, 0.15) is 5.52 Å². The minimum absolute atomic E-state index is 0.108. The molecule has 12 heteroatoms. The third-order valence-electron chi connectivity index (χ3n) is 10.6. The molecule has 11 nitrogen and oxygen atoms in total. The molecule has 4 heterocycles. The van der Waals surface area contributed by atoms with Crippen LogP contribution in [-0.4, -0.2) is 114 Å². The van der Waals surface area contributed by atoms with Crippen molar-refractivity contribution in [2.75, 3.05) is 60.4 Å². The monoisotopic (exact) mass is 733 g/mol. The highest BCUT2D eigenvalue weighted by Crippen LogP contribution is 2.35. The summed E-state index contributed by atoms with van der Waals surface area (Å²) in [5, 5.41) is 0. The number of carbonyl (C=O) groups excluding carboxylic acids is 2. The fourth-order valence-electron chi connectivity index (χ4n) is 7.42. The van der Waals surface area contributed by atoms with Gasteiger partial charge in [0.25, 0.3) is 15.9 Å². The molecule has 0 saturated carbocycles. The number of rotatable bonds is 8. The van der Waals surface area contributed by atoms with E-state index in [-0.39, 0.29) is 22.4 Å². The maximum atomic E-state index is 14.1. The normalized spacial score (nSPS) is 15.5. The molecule has 2 amide bonds. The van der Waals surface area contributed by atoms with Crippen molar-refractivity contribution in [1.29, 1.82) is 0 Å². The number of aryl methyl sites for hydroxylation is 3. The van der Waals surface area contributed by atoms with E-state index < -0.39 is 10.0 Å². The van der Waals surface area contributed by atoms with E-state index >= 15 is 0 Å². The van der Waals surface area contributed by atoms with Crippen LogP contribution in [0.15, 0.2) is 71.9 Å². The van der Waals surface area contributed by atoms with E-state index in [2.05, 4.69) is 35.9 Å². The summed E-state index contributed by atoms with van der Waals surface area (Å²) < 4.78 is 29.4. The molecule has 1 fully saturated rings. The van der Waals surface area contributed by atoms with Crippen molar-refractivity contribution in [3.8, 4) is 22.4 Å². The zero-order valence-corrected chi connectivity index (χ0v) is 32.2. The molecule has 3 aromatic carbocycles. The van der Waals surface area contributed by atoms with Gasteiger partial charge in [-0.2, -0.15) is 0 Å². The van der Waals surface area contributed by atoms with Gasteiger partial charge in [0.05, 0.1) is 16.8 Å². The summed E-state index contributed by atoms with van der Waals surface area (Å²) >= 11 is 0. The minimum Gasteiger partial charge on any atom is -0.345 e. The highest BCUT2D eigenvalue weighted by Gasteiger charge is 2.26. The van der Waals surface area contributed by atoms with Gasteiger partial charge in [0, 0.05) is 89.2 Å². The molecule has 0 radical (unpaired) electrons. The van der Waals surface area contributed by atoms with Crippen LogP contribution in [-0.2, 0) is 27.8 Å². The lowest BCUT2D eigenvalue weighted by molar-refractivity contribution is -0.133. The van der Waals surface area contributed by atoms with Crippen LogP contribution in [0.25, 0.3) is 33.5 Å². The summed E-state index contributed by atoms with van der Waals surface area (Å²) in [4.78, 5) is 44.0. The number of hydrogen-bond acceptors (Lipinski definition) is 8. The maximum Gasteiger partial charge on any atom is 0.269 e. The summed E-state index contributed by atoms with van der Waals surface area (Å²) in [5.41, 5.74) is 9.53. The second-order valence-corrected chi connectivity index (χ2v) is 16.5. The molecule has 0 bridgehead atoms. The molecule has 0 aliphatic carbocycles. The lowest BCUT2D eigenvalue weighted by atomic mass is 9.92. The molecular weight excluding hydrogens is 687 g/mol. The van der Waals surface area contributed by atoms with Crippen molar-refractivity contribution < 1.29 is 18.0 Å². The van der Waals surface area contributed by atoms with Gasteiger partial charge in [-0.15, -0.1) is 0 Å². The van der Waals surface area contributed by atoms with E-state index in [1.165, 1.54) is 25.6 Å². The van der Waals surface area contributed by atoms with E-state index in [1.54, 1.807) is 56.8 Å². The molecule has 0 unspecified atom stereocenters. The zero-order valence-electron chi connectivity index (χ0n) is 31.4. The molecule has 0 N–H and O–H groups in total. The van der Waals surface area contributed by atoms with E-state index in [4.69, 9.17) is 9.97 Å². The van der Waals surface area contributed by atoms with Crippen molar-refractivity contribution in [2.45, 2.75) is 45.1 Å². The Kier molecular flexibility index (Phi) is 9.96. The number of hydrogen-bond donors (Lipinski definition) is 0. The summed E-state index contributed by atoms with van der Waals surface area (Å²) in [5.74, 6) is 0.113. The summed E-state index contributed by atoms with van der Waals surface area (Å²) in [6, 6.07) is 16.6. The lowest BCUT2D eigenvalue weighted by Crippen LogP contribution is -2.47. The molecule has 0 atom stereocenters. The first-order valence-electron chi connectivity index (χ1n) is 18.1. The Hall–Kier alpha value is -4.91. The van der Waals surface area contributed by atoms with Crippen LogP contribution in [0.1, 0.15) is 44.6 Å². The van der Waals surface area contributed by atoms with E-state index in [9.17, 15) is 18.0 Å². The fraction of sp³-hybridized carbons (Fsp3) is 0.366. The Morgan fingerprint density at radius 2 is 1.58 bits per heavy atom. The molecule has 2 aromatic heterocycles. The summed E-state index contributed by atoms with van der Waals surface area (Å²) in [7, 11) is 1.50. The Bertz CT molecular complexity index is 2320. The third kappa shape index (κ3) is 7.23. The van der Waals surface area contributed by atoms with Crippen LogP contribution in [0, 0.1) is 20.8 Å². The number of aromatic nitrogens is 3. The van der Waals surface area contributed by atoms with Crippen LogP contribution < -0.4 is 0 Å². The van der Waals surface area contributed by atoms with Crippen LogP contribution in [0.3, 0.4) is 0 Å². The fourth-order valence-corrected chi connectivity index (χ4v) is 8.73. The predicted octanol–water partition coefficient (Wildman–Crippen LogP) is 5.15. The second-order valence-electron chi connectivity index (χ2n) is 14.7. The maximum absolute atomic E-state index is 14.1. The molecule has 2 aliphatic heterocycles. The molecule has 1 saturated heterocycles. The van der Waals surface area contributed by atoms with Crippen molar-refractivity contribution in [1.82, 2.24) is 33.5 Å². The molecule has 7 rings (SSSR count). The number of amides is 2. The number of carbonyl (C=O) groups is 2.